The first-order chi connectivity index (χ1) is 15.5. The number of halogens is 3. The van der Waals surface area contributed by atoms with Gasteiger partial charge in [-0.2, -0.15) is 4.31 Å². The van der Waals surface area contributed by atoms with Crippen molar-refractivity contribution in [2.75, 3.05) is 32.8 Å². The summed E-state index contributed by atoms with van der Waals surface area (Å²) in [6.07, 6.45) is 1.03. The van der Waals surface area contributed by atoms with Crippen molar-refractivity contribution in [1.82, 2.24) is 9.21 Å². The van der Waals surface area contributed by atoms with Crippen LogP contribution in [0.3, 0.4) is 0 Å². The van der Waals surface area contributed by atoms with Gasteiger partial charge in [0.25, 0.3) is 0 Å². The molecule has 180 valence electrons. The standard InChI is InChI=1S/C23H27F3N2O4S/c1-23(2,10-3-15-32-18-6-9-20(25)21(26)16-18)22(29)27-11-13-28(14-12-27)33(30,31)19-7-4-17(24)5-8-19/h4-9,16H,3,10-15H2,1-2H3. The molecule has 10 heteroatoms. The molecule has 1 saturated heterocycles. The zero-order valence-electron chi connectivity index (χ0n) is 18.6. The summed E-state index contributed by atoms with van der Waals surface area (Å²) in [4.78, 5) is 14.7. The highest BCUT2D eigenvalue weighted by molar-refractivity contribution is 7.89. The molecule has 6 nitrogen and oxygen atoms in total. The highest BCUT2D eigenvalue weighted by Crippen LogP contribution is 2.27. The molecule has 3 rings (SSSR count). The largest absolute Gasteiger partial charge is 0.493 e. The second-order valence-electron chi connectivity index (χ2n) is 8.56. The molecule has 0 spiro atoms. The predicted octanol–water partition coefficient (Wildman–Crippen LogP) is 3.82. The number of sulfonamides is 1. The van der Waals surface area contributed by atoms with Crippen LogP contribution in [0.25, 0.3) is 0 Å². The Labute approximate surface area is 192 Å². The van der Waals surface area contributed by atoms with E-state index in [1.807, 2.05) is 13.8 Å². The van der Waals surface area contributed by atoms with Crippen LogP contribution in [-0.4, -0.2) is 56.3 Å². The number of hydrogen-bond acceptors (Lipinski definition) is 4. The van der Waals surface area contributed by atoms with Gasteiger partial charge in [0.2, 0.25) is 15.9 Å². The van der Waals surface area contributed by atoms with E-state index < -0.39 is 32.9 Å². The quantitative estimate of drug-likeness (QED) is 0.535. The predicted molar refractivity (Wildman–Crippen MR) is 117 cm³/mol. The van der Waals surface area contributed by atoms with E-state index in [0.29, 0.717) is 12.8 Å². The maximum Gasteiger partial charge on any atom is 0.243 e. The number of piperazine rings is 1. The molecule has 1 aliphatic heterocycles. The van der Waals surface area contributed by atoms with E-state index in [2.05, 4.69) is 0 Å². The van der Waals surface area contributed by atoms with Crippen LogP contribution < -0.4 is 4.74 Å². The third-order valence-electron chi connectivity index (χ3n) is 5.66. The van der Waals surface area contributed by atoms with Crippen molar-refractivity contribution in [3.63, 3.8) is 0 Å². The fourth-order valence-corrected chi connectivity index (χ4v) is 5.12. The molecule has 0 aliphatic carbocycles. The Morgan fingerprint density at radius 3 is 2.21 bits per heavy atom. The molecule has 1 amide bonds. The number of ether oxygens (including phenoxy) is 1. The average Bonchev–Trinajstić information content (AvgIpc) is 2.79. The van der Waals surface area contributed by atoms with E-state index >= 15 is 0 Å². The zero-order valence-corrected chi connectivity index (χ0v) is 19.4. The van der Waals surface area contributed by atoms with Crippen LogP contribution in [0.1, 0.15) is 26.7 Å². The summed E-state index contributed by atoms with van der Waals surface area (Å²) in [5, 5.41) is 0. The minimum Gasteiger partial charge on any atom is -0.493 e. The smallest absolute Gasteiger partial charge is 0.243 e. The molecule has 0 atom stereocenters. The number of hydrogen-bond donors (Lipinski definition) is 0. The maximum absolute atomic E-state index is 13.2. The number of amides is 1. The Morgan fingerprint density at radius 1 is 0.970 bits per heavy atom. The fraction of sp³-hybridized carbons (Fsp3) is 0.435. The zero-order chi connectivity index (χ0) is 24.2. The van der Waals surface area contributed by atoms with Crippen molar-refractivity contribution in [2.24, 2.45) is 5.41 Å². The van der Waals surface area contributed by atoms with E-state index in [1.54, 1.807) is 4.90 Å². The molecule has 0 radical (unpaired) electrons. The van der Waals surface area contributed by atoms with Gasteiger partial charge in [-0.05, 0) is 49.2 Å². The first-order valence-corrected chi connectivity index (χ1v) is 12.1. The minimum absolute atomic E-state index is 0.0186. The summed E-state index contributed by atoms with van der Waals surface area (Å²) in [5.41, 5.74) is -0.699. The van der Waals surface area contributed by atoms with Crippen LogP contribution in [0.15, 0.2) is 47.4 Å². The molecule has 0 aromatic heterocycles. The molecule has 0 unspecified atom stereocenters. The van der Waals surface area contributed by atoms with Gasteiger partial charge in [-0.25, -0.2) is 21.6 Å². The number of rotatable bonds is 8. The Morgan fingerprint density at radius 2 is 1.61 bits per heavy atom. The van der Waals surface area contributed by atoms with Crippen LogP contribution in [0.4, 0.5) is 13.2 Å². The Bertz CT molecular complexity index is 1080. The second kappa shape index (κ2) is 10.1. The maximum atomic E-state index is 13.2. The van der Waals surface area contributed by atoms with E-state index in [0.717, 1.165) is 24.3 Å². The van der Waals surface area contributed by atoms with Crippen molar-refractivity contribution in [3.05, 3.63) is 59.9 Å². The molecule has 1 aliphatic rings. The molecule has 0 N–H and O–H groups in total. The van der Waals surface area contributed by atoms with E-state index in [-0.39, 0.29) is 49.3 Å². The first kappa shape index (κ1) is 25.0. The van der Waals surface area contributed by atoms with Gasteiger partial charge in [0.15, 0.2) is 11.6 Å². The Balaban J connectivity index is 1.49. The summed E-state index contributed by atoms with van der Waals surface area (Å²) >= 11 is 0. The molecular formula is C23H27F3N2O4S. The third kappa shape index (κ3) is 6.05. The SMILES string of the molecule is CC(C)(CCCOc1ccc(F)c(F)c1)C(=O)N1CCN(S(=O)(=O)c2ccc(F)cc2)CC1. The molecule has 0 saturated carbocycles. The van der Waals surface area contributed by atoms with Gasteiger partial charge in [0.1, 0.15) is 11.6 Å². The molecule has 33 heavy (non-hydrogen) atoms. The number of nitrogens with zero attached hydrogens (tertiary/aromatic N) is 2. The van der Waals surface area contributed by atoms with Crippen molar-refractivity contribution in [1.29, 1.82) is 0 Å². The van der Waals surface area contributed by atoms with Gasteiger partial charge in [-0.3, -0.25) is 4.79 Å². The van der Waals surface area contributed by atoms with Crippen LogP contribution in [0, 0.1) is 22.9 Å². The molecule has 2 aromatic rings. The van der Waals surface area contributed by atoms with E-state index in [9.17, 15) is 26.4 Å². The summed E-state index contributed by atoms with van der Waals surface area (Å²) < 4.78 is 71.5. The number of benzene rings is 2. The fourth-order valence-electron chi connectivity index (χ4n) is 3.69. The van der Waals surface area contributed by atoms with Crippen LogP contribution in [-0.2, 0) is 14.8 Å². The third-order valence-corrected chi connectivity index (χ3v) is 7.57. The molecule has 1 fully saturated rings. The lowest BCUT2D eigenvalue weighted by atomic mass is 9.86. The van der Waals surface area contributed by atoms with Crippen molar-refractivity contribution < 1.29 is 31.1 Å². The molecule has 0 bridgehead atoms. The lowest BCUT2D eigenvalue weighted by Crippen LogP contribution is -2.53. The van der Waals surface area contributed by atoms with E-state index in [1.165, 1.54) is 22.5 Å². The monoisotopic (exact) mass is 484 g/mol. The molecule has 1 heterocycles. The summed E-state index contributed by atoms with van der Waals surface area (Å²) in [5.74, 6) is -2.31. The first-order valence-electron chi connectivity index (χ1n) is 10.6. The summed E-state index contributed by atoms with van der Waals surface area (Å²) in [7, 11) is -3.75. The van der Waals surface area contributed by atoms with Crippen LogP contribution >= 0.6 is 0 Å². The van der Waals surface area contributed by atoms with Gasteiger partial charge >= 0.3 is 0 Å². The highest BCUT2D eigenvalue weighted by Gasteiger charge is 2.35. The second-order valence-corrected chi connectivity index (χ2v) is 10.5. The highest BCUT2D eigenvalue weighted by atomic mass is 32.2. The summed E-state index contributed by atoms with van der Waals surface area (Å²) in [6.45, 7) is 4.69. The average molecular weight is 485 g/mol. The Kier molecular flexibility index (Phi) is 7.69. The van der Waals surface area contributed by atoms with Gasteiger partial charge in [0.05, 0.1) is 11.5 Å². The van der Waals surface area contributed by atoms with Gasteiger partial charge in [0, 0.05) is 37.7 Å². The van der Waals surface area contributed by atoms with Gasteiger partial charge in [-0.1, -0.05) is 13.8 Å². The lowest BCUT2D eigenvalue weighted by Gasteiger charge is -2.38. The van der Waals surface area contributed by atoms with Gasteiger partial charge < -0.3 is 9.64 Å². The topological polar surface area (TPSA) is 66.9 Å². The number of carbonyl (C=O) groups excluding carboxylic acids is 1. The Hall–Kier alpha value is -2.59. The van der Waals surface area contributed by atoms with E-state index in [4.69, 9.17) is 4.74 Å². The van der Waals surface area contributed by atoms with Crippen LogP contribution in [0.2, 0.25) is 0 Å². The molecular weight excluding hydrogens is 457 g/mol. The van der Waals surface area contributed by atoms with Crippen LogP contribution in [0.5, 0.6) is 5.75 Å². The minimum atomic E-state index is -3.75. The summed E-state index contributed by atoms with van der Waals surface area (Å²) in [6, 6.07) is 7.98. The lowest BCUT2D eigenvalue weighted by molar-refractivity contribution is -0.142. The number of carbonyl (C=O) groups is 1. The molecule has 2 aromatic carbocycles. The van der Waals surface area contributed by atoms with Crippen molar-refractivity contribution >= 4 is 15.9 Å². The normalized spacial score (nSPS) is 15.5. The van der Waals surface area contributed by atoms with Crippen molar-refractivity contribution in [3.8, 4) is 5.75 Å². The van der Waals surface area contributed by atoms with Gasteiger partial charge in [-0.15, -0.1) is 0 Å². The van der Waals surface area contributed by atoms with Crippen molar-refractivity contribution in [2.45, 2.75) is 31.6 Å².